The molecule has 0 spiro atoms. The second kappa shape index (κ2) is 16.8. The molecule has 0 fully saturated rings. The fraction of sp³-hybridized carbons (Fsp3) is 0.159. The summed E-state index contributed by atoms with van der Waals surface area (Å²) in [5.41, 5.74) is 18.1. The van der Waals surface area contributed by atoms with Gasteiger partial charge in [0.05, 0.1) is 45.1 Å². The van der Waals surface area contributed by atoms with Crippen LogP contribution in [0.25, 0.3) is 111 Å². The van der Waals surface area contributed by atoms with Crippen molar-refractivity contribution in [1.82, 2.24) is 24.1 Å². The molecular weight excluding hydrogens is 913 g/mol. The van der Waals surface area contributed by atoms with Gasteiger partial charge in [0.25, 0.3) is 0 Å². The third-order valence-electron chi connectivity index (χ3n) is 15.8. The van der Waals surface area contributed by atoms with Crippen molar-refractivity contribution in [1.29, 1.82) is 5.26 Å². The fourth-order valence-electron chi connectivity index (χ4n) is 11.4. The highest BCUT2D eigenvalue weighted by atomic mass is 15.0. The number of aromatic nitrogens is 5. The first-order valence-electron chi connectivity index (χ1n) is 26.0. The number of hydrogen-bond acceptors (Lipinski definition) is 4. The van der Waals surface area contributed by atoms with Crippen LogP contribution in [0.4, 0.5) is 0 Å². The van der Waals surface area contributed by atoms with Gasteiger partial charge in [-0.25, -0.2) is 15.0 Å². The van der Waals surface area contributed by atoms with Crippen LogP contribution in [-0.4, -0.2) is 24.1 Å². The Balaban J connectivity index is 1.18. The predicted octanol–water partition coefficient (Wildman–Crippen LogP) is 17.5. The Morgan fingerprint density at radius 2 is 0.853 bits per heavy atom. The van der Waals surface area contributed by atoms with E-state index in [2.05, 4.69) is 186 Å². The van der Waals surface area contributed by atoms with E-state index in [9.17, 15) is 5.26 Å². The third-order valence-corrected chi connectivity index (χ3v) is 15.8. The molecule has 0 saturated carbocycles. The molecular formula is C69H56N6. The molecule has 6 heteroatoms. The third kappa shape index (κ3) is 7.48. The standard InChI is InChI=1S/C69H56N6/c1-67(2,3)47-26-32-60-55(37-47)52-29-25-50-40-63(52)75(60)59-30-23-44(35-54(59)51-22-16-15-21-46(51)41-70)53-36-45(66-72-64(42-17-11-9-12-18-42)71-65(73-66)43-19-13-10-14-20-43)24-31-58(53)74-61-33-27-48(68(4,5)6)38-56(61)57-39-49(69(50,7)8)28-34-62(57)74/h9-40H,1-8H3. The van der Waals surface area contributed by atoms with E-state index in [-0.39, 0.29) is 16.2 Å². The highest BCUT2D eigenvalue weighted by Crippen LogP contribution is 2.46. The molecule has 7 heterocycles. The second-order valence-corrected chi connectivity index (χ2v) is 22.9. The maximum absolute atomic E-state index is 10.9. The van der Waals surface area contributed by atoms with Crippen molar-refractivity contribution in [2.45, 2.75) is 71.6 Å². The van der Waals surface area contributed by atoms with E-state index < -0.39 is 0 Å². The van der Waals surface area contributed by atoms with Crippen LogP contribution in [-0.2, 0) is 16.2 Å². The number of benzene rings is 9. The first kappa shape index (κ1) is 45.9. The molecule has 3 aromatic heterocycles. The quantitative estimate of drug-likeness (QED) is 0.176. The van der Waals surface area contributed by atoms with Gasteiger partial charge in [-0.05, 0) is 118 Å². The Kier molecular flexibility index (Phi) is 10.3. The van der Waals surface area contributed by atoms with Gasteiger partial charge in [-0.2, -0.15) is 5.26 Å². The maximum atomic E-state index is 10.9. The van der Waals surface area contributed by atoms with Crippen molar-refractivity contribution < 1.29 is 0 Å². The summed E-state index contributed by atoms with van der Waals surface area (Å²) in [6, 6.07) is 72.6. The molecule has 8 bridgehead atoms. The highest BCUT2D eigenvalue weighted by Gasteiger charge is 2.29. The number of hydrogen-bond donors (Lipinski definition) is 0. The SMILES string of the molecule is CC(C)(C)c1ccc2c(c1)c1cc3ccc1n2-c1ccc(-c2nc(-c4ccccc4)nc(-c4ccccc4)n2)cc1-c1ccc(c(-c2ccccc2C#N)c1)-n1c2ccc(C(C)(C)C)cc2c2ccc(cc21)C3(C)C. The largest absolute Gasteiger partial charge is 0.309 e. The molecule has 0 radical (unpaired) electrons. The molecule has 12 aromatic rings. The van der Waals surface area contributed by atoms with E-state index in [4.69, 9.17) is 15.0 Å². The molecule has 6 nitrogen and oxygen atoms in total. The Hall–Kier alpha value is -8.92. The second-order valence-electron chi connectivity index (χ2n) is 22.9. The van der Waals surface area contributed by atoms with Crippen molar-refractivity contribution in [2.24, 2.45) is 0 Å². The van der Waals surface area contributed by atoms with E-state index in [1.807, 2.05) is 78.9 Å². The Morgan fingerprint density at radius 1 is 0.387 bits per heavy atom. The van der Waals surface area contributed by atoms with Gasteiger partial charge >= 0.3 is 0 Å². The van der Waals surface area contributed by atoms with Crippen molar-refractivity contribution >= 4 is 43.6 Å². The number of nitriles is 1. The highest BCUT2D eigenvalue weighted by molar-refractivity contribution is 6.12. The van der Waals surface area contributed by atoms with Gasteiger partial charge in [-0.3, -0.25) is 0 Å². The number of rotatable bonds is 4. The Morgan fingerprint density at radius 3 is 1.45 bits per heavy atom. The first-order chi connectivity index (χ1) is 36.1. The van der Waals surface area contributed by atoms with Gasteiger partial charge in [0, 0.05) is 60.3 Å². The number of fused-ring (bicyclic) bond motifs is 3. The van der Waals surface area contributed by atoms with E-state index in [0.717, 1.165) is 72.4 Å². The normalized spacial score (nSPS) is 13.2. The summed E-state index contributed by atoms with van der Waals surface area (Å²) >= 11 is 0. The molecule has 0 N–H and O–H groups in total. The zero-order valence-electron chi connectivity index (χ0n) is 43.7. The van der Waals surface area contributed by atoms with Crippen molar-refractivity contribution in [3.63, 3.8) is 0 Å². The van der Waals surface area contributed by atoms with Crippen LogP contribution in [0, 0.1) is 11.3 Å². The average Bonchev–Trinajstić information content (AvgIpc) is 3.94. The van der Waals surface area contributed by atoms with Gasteiger partial charge in [-0.1, -0.05) is 171 Å². The van der Waals surface area contributed by atoms with Crippen LogP contribution >= 0.6 is 0 Å². The molecule has 9 aromatic carbocycles. The van der Waals surface area contributed by atoms with E-state index in [1.54, 1.807) is 0 Å². The van der Waals surface area contributed by atoms with Gasteiger partial charge in [0.1, 0.15) is 0 Å². The molecule has 16 rings (SSSR count). The summed E-state index contributed by atoms with van der Waals surface area (Å²) in [5.74, 6) is 1.78. The van der Waals surface area contributed by atoms with Crippen LogP contribution in [0.2, 0.25) is 0 Å². The zero-order chi connectivity index (χ0) is 51.5. The van der Waals surface area contributed by atoms with Crippen LogP contribution in [0.1, 0.15) is 83.2 Å². The Labute approximate surface area is 438 Å². The summed E-state index contributed by atoms with van der Waals surface area (Å²) in [6.45, 7) is 18.4. The lowest BCUT2D eigenvalue weighted by Gasteiger charge is -2.27. The van der Waals surface area contributed by atoms with Crippen LogP contribution in [0.15, 0.2) is 194 Å². The first-order valence-corrected chi connectivity index (χ1v) is 26.0. The van der Waals surface area contributed by atoms with Crippen LogP contribution in [0.3, 0.4) is 0 Å². The van der Waals surface area contributed by atoms with Gasteiger partial charge in [0.15, 0.2) is 17.5 Å². The molecule has 4 aliphatic rings. The van der Waals surface area contributed by atoms with Crippen LogP contribution < -0.4 is 0 Å². The monoisotopic (exact) mass is 968 g/mol. The smallest absolute Gasteiger partial charge is 0.164 e. The van der Waals surface area contributed by atoms with E-state index in [0.29, 0.717) is 23.0 Å². The minimum atomic E-state index is -0.387. The molecule has 362 valence electrons. The lowest BCUT2D eigenvalue weighted by Crippen LogP contribution is -2.19. The number of nitrogens with zero attached hydrogens (tertiary/aromatic N) is 6. The topological polar surface area (TPSA) is 72.3 Å². The van der Waals surface area contributed by atoms with Crippen LogP contribution in [0.5, 0.6) is 0 Å². The van der Waals surface area contributed by atoms with Gasteiger partial charge in [-0.15, -0.1) is 0 Å². The average molecular weight is 969 g/mol. The molecule has 0 aliphatic carbocycles. The molecule has 4 aliphatic heterocycles. The summed E-state index contributed by atoms with van der Waals surface area (Å²) in [7, 11) is 0. The lowest BCUT2D eigenvalue weighted by atomic mass is 9.77. The molecule has 0 atom stereocenters. The molecule has 0 saturated heterocycles. The van der Waals surface area contributed by atoms with Crippen molar-refractivity contribution in [2.75, 3.05) is 0 Å². The van der Waals surface area contributed by atoms with Crippen molar-refractivity contribution in [3.8, 4) is 73.9 Å². The lowest BCUT2D eigenvalue weighted by molar-refractivity contribution is 0.591. The van der Waals surface area contributed by atoms with E-state index in [1.165, 1.54) is 43.8 Å². The summed E-state index contributed by atoms with van der Waals surface area (Å²) < 4.78 is 4.89. The van der Waals surface area contributed by atoms with Crippen molar-refractivity contribution in [3.05, 3.63) is 222 Å². The molecule has 0 amide bonds. The molecule has 0 unspecified atom stereocenters. The minimum Gasteiger partial charge on any atom is -0.309 e. The molecule has 75 heavy (non-hydrogen) atoms. The zero-order valence-corrected chi connectivity index (χ0v) is 43.7. The maximum Gasteiger partial charge on any atom is 0.164 e. The minimum absolute atomic E-state index is 0.0515. The fourth-order valence-corrected chi connectivity index (χ4v) is 11.4. The summed E-state index contributed by atoms with van der Waals surface area (Å²) in [6.07, 6.45) is 0. The van der Waals surface area contributed by atoms with Gasteiger partial charge in [0.2, 0.25) is 0 Å². The Bertz CT molecular complexity index is 4280. The summed E-state index contributed by atoms with van der Waals surface area (Å²) in [5, 5.41) is 15.7. The van der Waals surface area contributed by atoms with E-state index >= 15 is 0 Å². The van der Waals surface area contributed by atoms with Gasteiger partial charge < -0.3 is 9.13 Å². The predicted molar refractivity (Wildman–Crippen MR) is 310 cm³/mol. The summed E-state index contributed by atoms with van der Waals surface area (Å²) in [4.78, 5) is 15.5.